The first-order valence-electron chi connectivity index (χ1n) is 7.39. The number of hydrogen-bond donors (Lipinski definition) is 1. The van der Waals surface area contributed by atoms with Gasteiger partial charge in [-0.15, -0.1) is 0 Å². The molecule has 1 fully saturated rings. The maximum atomic E-state index is 12.2. The van der Waals surface area contributed by atoms with Gasteiger partial charge in [0, 0.05) is 12.2 Å². The number of nitrogens with zero attached hydrogens (tertiary/aromatic N) is 1. The predicted molar refractivity (Wildman–Crippen MR) is 79.9 cm³/mol. The van der Waals surface area contributed by atoms with Gasteiger partial charge in [0.15, 0.2) is 0 Å². The second kappa shape index (κ2) is 6.78. The number of sulfonamides is 1. The first-order valence-corrected chi connectivity index (χ1v) is 9.04. The zero-order valence-electron chi connectivity index (χ0n) is 13.1. The number of nitrogens with one attached hydrogen (secondary N) is 1. The molecule has 2 unspecified atom stereocenters. The molecule has 8 heteroatoms. The second-order valence-electron chi connectivity index (χ2n) is 5.70. The van der Waals surface area contributed by atoms with Gasteiger partial charge in [-0.05, 0) is 40.0 Å². The van der Waals surface area contributed by atoms with Crippen LogP contribution in [0.3, 0.4) is 0 Å². The fourth-order valence-electron chi connectivity index (χ4n) is 2.71. The summed E-state index contributed by atoms with van der Waals surface area (Å²) in [5, 5.41) is 3.79. The van der Waals surface area contributed by atoms with Crippen LogP contribution in [-0.2, 0) is 19.6 Å². The molecule has 0 aliphatic carbocycles. The van der Waals surface area contributed by atoms with Gasteiger partial charge in [0.05, 0.1) is 23.5 Å². The Morgan fingerprint density at radius 3 is 2.68 bits per heavy atom. The summed E-state index contributed by atoms with van der Waals surface area (Å²) in [6.07, 6.45) is 2.26. The minimum Gasteiger partial charge on any atom is -0.377 e. The number of carbonyl (C=O) groups is 1. The fraction of sp³-hybridized carbons (Fsp3) is 0.714. The van der Waals surface area contributed by atoms with Crippen LogP contribution in [0.15, 0.2) is 4.52 Å². The van der Waals surface area contributed by atoms with Crippen LogP contribution in [0.4, 0.5) is 0 Å². The molecular formula is C14H22N2O5S. The van der Waals surface area contributed by atoms with E-state index in [1.807, 2.05) is 0 Å². The lowest BCUT2D eigenvalue weighted by molar-refractivity contribution is -0.120. The Bertz CT molecular complexity index is 612. The summed E-state index contributed by atoms with van der Waals surface area (Å²) in [6.45, 7) is 5.63. The minimum absolute atomic E-state index is 0.187. The topological polar surface area (TPSA) is 98.5 Å². The molecule has 22 heavy (non-hydrogen) atoms. The Balaban J connectivity index is 2.00. The van der Waals surface area contributed by atoms with Gasteiger partial charge in [-0.25, -0.2) is 8.42 Å². The number of rotatable bonds is 5. The van der Waals surface area contributed by atoms with E-state index in [4.69, 9.17) is 9.26 Å². The largest absolute Gasteiger partial charge is 0.377 e. The van der Waals surface area contributed by atoms with Crippen LogP contribution in [0.25, 0.3) is 0 Å². The number of carbonyl (C=O) groups excluding carboxylic acids is 1. The summed E-state index contributed by atoms with van der Waals surface area (Å²) < 4.78 is 36.8. The van der Waals surface area contributed by atoms with Crippen molar-refractivity contribution < 1.29 is 22.5 Å². The van der Waals surface area contributed by atoms with Crippen molar-refractivity contribution in [3.8, 4) is 0 Å². The van der Waals surface area contributed by atoms with E-state index in [0.717, 1.165) is 12.8 Å². The molecule has 1 aromatic heterocycles. The average molecular weight is 330 g/mol. The van der Waals surface area contributed by atoms with Crippen LogP contribution in [0, 0.1) is 13.8 Å². The Morgan fingerprint density at radius 2 is 2.14 bits per heavy atom. The molecule has 7 nitrogen and oxygen atoms in total. The molecule has 2 rings (SSSR count). The van der Waals surface area contributed by atoms with Crippen molar-refractivity contribution in [2.75, 3.05) is 12.4 Å². The van der Waals surface area contributed by atoms with Crippen molar-refractivity contribution in [2.24, 2.45) is 0 Å². The first-order chi connectivity index (χ1) is 10.3. The molecule has 1 N–H and O–H groups in total. The molecule has 2 atom stereocenters. The summed E-state index contributed by atoms with van der Waals surface area (Å²) in [6, 6.07) is 0. The molecule has 124 valence electrons. The summed E-state index contributed by atoms with van der Waals surface area (Å²) in [4.78, 5) is 12.2. The lowest BCUT2D eigenvalue weighted by atomic mass is 9.99. The van der Waals surface area contributed by atoms with Gasteiger partial charge in [-0.1, -0.05) is 5.16 Å². The van der Waals surface area contributed by atoms with E-state index in [1.165, 1.54) is 0 Å². The van der Waals surface area contributed by atoms with E-state index in [9.17, 15) is 13.2 Å². The van der Waals surface area contributed by atoms with Gasteiger partial charge in [-0.2, -0.15) is 0 Å². The minimum atomic E-state index is -3.72. The third kappa shape index (κ3) is 4.07. The van der Waals surface area contributed by atoms with Crippen LogP contribution >= 0.6 is 0 Å². The van der Waals surface area contributed by atoms with E-state index >= 15 is 0 Å². The molecule has 0 saturated carbocycles. The van der Waals surface area contributed by atoms with Gasteiger partial charge >= 0.3 is 0 Å². The molecule has 2 heterocycles. The molecule has 0 aromatic carbocycles. The maximum Gasteiger partial charge on any atom is 0.240 e. The van der Waals surface area contributed by atoms with Crippen LogP contribution in [0.5, 0.6) is 0 Å². The smallest absolute Gasteiger partial charge is 0.240 e. The second-order valence-corrected chi connectivity index (χ2v) is 7.46. The van der Waals surface area contributed by atoms with Gasteiger partial charge in [0.1, 0.15) is 5.76 Å². The van der Waals surface area contributed by atoms with Gasteiger partial charge in [-0.3, -0.25) is 9.52 Å². The Hall–Kier alpha value is -1.41. The van der Waals surface area contributed by atoms with Gasteiger partial charge < -0.3 is 9.26 Å². The molecule has 0 radical (unpaired) electrons. The van der Waals surface area contributed by atoms with Crippen molar-refractivity contribution in [1.82, 2.24) is 9.88 Å². The molecule has 1 amide bonds. The highest BCUT2D eigenvalue weighted by atomic mass is 32.2. The Morgan fingerprint density at radius 1 is 1.41 bits per heavy atom. The molecule has 0 bridgehead atoms. The van der Waals surface area contributed by atoms with Crippen molar-refractivity contribution in [1.29, 1.82) is 0 Å². The number of ether oxygens (including phenoxy) is 1. The fourth-order valence-corrected chi connectivity index (χ4v) is 4.03. The van der Waals surface area contributed by atoms with Crippen LogP contribution in [0.1, 0.15) is 49.1 Å². The van der Waals surface area contributed by atoms with E-state index in [0.29, 0.717) is 30.0 Å². The van der Waals surface area contributed by atoms with E-state index in [2.05, 4.69) is 9.88 Å². The number of aromatic nitrogens is 1. The molecular weight excluding hydrogens is 308 g/mol. The van der Waals surface area contributed by atoms with Crippen molar-refractivity contribution in [3.63, 3.8) is 0 Å². The number of aryl methyl sites for hydroxylation is 2. The maximum absolute atomic E-state index is 12.2. The predicted octanol–water partition coefficient (Wildman–Crippen LogP) is 1.41. The third-order valence-electron chi connectivity index (χ3n) is 3.85. The lowest BCUT2D eigenvalue weighted by Crippen LogP contribution is -2.40. The summed E-state index contributed by atoms with van der Waals surface area (Å²) in [5.74, 6) is -0.890. The van der Waals surface area contributed by atoms with Crippen molar-refractivity contribution in [3.05, 3.63) is 17.0 Å². The van der Waals surface area contributed by atoms with Crippen LogP contribution in [-0.4, -0.2) is 37.9 Å². The average Bonchev–Trinajstić information content (AvgIpc) is 2.77. The monoisotopic (exact) mass is 330 g/mol. The van der Waals surface area contributed by atoms with Crippen molar-refractivity contribution >= 4 is 15.9 Å². The van der Waals surface area contributed by atoms with Crippen LogP contribution < -0.4 is 4.72 Å². The number of hydrogen-bond acceptors (Lipinski definition) is 6. The molecule has 0 spiro atoms. The zero-order chi connectivity index (χ0) is 16.3. The normalized spacial score (nSPS) is 20.6. The molecule has 1 saturated heterocycles. The van der Waals surface area contributed by atoms with Crippen LogP contribution in [0.2, 0.25) is 0 Å². The van der Waals surface area contributed by atoms with E-state index < -0.39 is 21.8 Å². The zero-order valence-corrected chi connectivity index (χ0v) is 13.9. The van der Waals surface area contributed by atoms with Crippen molar-refractivity contribution in [2.45, 2.75) is 52.1 Å². The quantitative estimate of drug-likeness (QED) is 0.876. The summed E-state index contributed by atoms with van der Waals surface area (Å²) in [7, 11) is -3.72. The molecule has 1 aliphatic heterocycles. The van der Waals surface area contributed by atoms with E-state index in [1.54, 1.807) is 20.8 Å². The molecule has 1 aliphatic rings. The van der Waals surface area contributed by atoms with Gasteiger partial charge in [0.25, 0.3) is 0 Å². The molecule has 1 aromatic rings. The first kappa shape index (κ1) is 17.0. The highest BCUT2D eigenvalue weighted by Crippen LogP contribution is 2.23. The van der Waals surface area contributed by atoms with E-state index in [-0.39, 0.29) is 11.9 Å². The Labute approximate surface area is 130 Å². The third-order valence-corrected chi connectivity index (χ3v) is 5.17. The summed E-state index contributed by atoms with van der Waals surface area (Å²) in [5.41, 5.74) is 1.22. The highest BCUT2D eigenvalue weighted by molar-refractivity contribution is 7.90. The summed E-state index contributed by atoms with van der Waals surface area (Å²) >= 11 is 0. The number of amides is 1. The highest BCUT2D eigenvalue weighted by Gasteiger charge is 2.28. The Kier molecular flexibility index (Phi) is 5.23. The lowest BCUT2D eigenvalue weighted by Gasteiger charge is -2.22. The standard InChI is InChI=1S/C14H22N2O5S/c1-9(13-10(2)15-21-11(13)3)14(17)16-22(18,19)8-12-6-4-5-7-20-12/h9,12H,4-8H2,1-3H3,(H,16,17). The van der Waals surface area contributed by atoms with Gasteiger partial charge in [0.2, 0.25) is 15.9 Å². The SMILES string of the molecule is Cc1noc(C)c1C(C)C(=O)NS(=O)(=O)CC1CCCCO1.